The van der Waals surface area contributed by atoms with Crippen LogP contribution in [-0.4, -0.2) is 19.5 Å². The monoisotopic (exact) mass is 219 g/mol. The van der Waals surface area contributed by atoms with E-state index in [0.717, 1.165) is 0 Å². The van der Waals surface area contributed by atoms with Gasteiger partial charge in [-0.25, -0.2) is 18.4 Å². The molecule has 0 saturated heterocycles. The highest BCUT2D eigenvalue weighted by molar-refractivity contribution is 7.89. The Balaban J connectivity index is 3.62. The average molecular weight is 219 g/mol. The molecular formula is C7H9NO5S. The van der Waals surface area contributed by atoms with Gasteiger partial charge >= 0.3 is 5.97 Å². The standard InChI is InChI=1S/C7H9NO5S/c1-3-4(2)13-7(14(8,11)12)5(3)6(9)10/h1-2H3,(H,9,10)(H2,8,11,12). The van der Waals surface area contributed by atoms with Crippen LogP contribution in [-0.2, 0) is 10.0 Å². The van der Waals surface area contributed by atoms with Crippen molar-refractivity contribution in [2.45, 2.75) is 18.9 Å². The van der Waals surface area contributed by atoms with E-state index < -0.39 is 26.6 Å². The quantitative estimate of drug-likeness (QED) is 0.740. The number of carboxylic acids is 1. The van der Waals surface area contributed by atoms with Crippen molar-refractivity contribution in [2.75, 3.05) is 0 Å². The van der Waals surface area contributed by atoms with Gasteiger partial charge in [0.25, 0.3) is 10.0 Å². The third kappa shape index (κ3) is 1.64. The smallest absolute Gasteiger partial charge is 0.340 e. The van der Waals surface area contributed by atoms with E-state index in [0.29, 0.717) is 0 Å². The summed E-state index contributed by atoms with van der Waals surface area (Å²) in [6.45, 7) is 2.92. The van der Waals surface area contributed by atoms with Crippen LogP contribution in [0, 0.1) is 13.8 Å². The van der Waals surface area contributed by atoms with Gasteiger partial charge in [0.2, 0.25) is 5.09 Å². The van der Waals surface area contributed by atoms with Crippen LogP contribution in [0.5, 0.6) is 0 Å². The predicted molar refractivity (Wildman–Crippen MR) is 46.5 cm³/mol. The Bertz CT molecular complexity index is 484. The number of carboxylic acid groups (broad SMARTS) is 1. The molecule has 0 aliphatic carbocycles. The van der Waals surface area contributed by atoms with E-state index in [1.807, 2.05) is 0 Å². The number of sulfonamides is 1. The lowest BCUT2D eigenvalue weighted by Crippen LogP contribution is -2.15. The van der Waals surface area contributed by atoms with Crippen LogP contribution in [0.1, 0.15) is 21.7 Å². The SMILES string of the molecule is Cc1oc(S(N)(=O)=O)c(C(=O)O)c1C. The zero-order valence-electron chi connectivity index (χ0n) is 7.57. The van der Waals surface area contributed by atoms with Crippen LogP contribution in [0.4, 0.5) is 0 Å². The van der Waals surface area contributed by atoms with Crippen molar-refractivity contribution < 1.29 is 22.7 Å². The lowest BCUT2D eigenvalue weighted by atomic mass is 10.2. The number of nitrogens with two attached hydrogens (primary N) is 1. The van der Waals surface area contributed by atoms with Crippen molar-refractivity contribution in [2.24, 2.45) is 5.14 Å². The lowest BCUT2D eigenvalue weighted by Gasteiger charge is -1.94. The summed E-state index contributed by atoms with van der Waals surface area (Å²) in [6, 6.07) is 0. The van der Waals surface area contributed by atoms with E-state index in [-0.39, 0.29) is 11.3 Å². The molecule has 0 bridgehead atoms. The van der Waals surface area contributed by atoms with Crippen LogP contribution in [0.15, 0.2) is 9.51 Å². The second kappa shape index (κ2) is 3.10. The second-order valence-electron chi connectivity index (χ2n) is 2.80. The average Bonchev–Trinajstić information content (AvgIpc) is 2.27. The molecule has 0 aliphatic heterocycles. The molecule has 0 unspecified atom stereocenters. The molecular weight excluding hydrogens is 210 g/mol. The molecule has 6 nitrogen and oxygen atoms in total. The summed E-state index contributed by atoms with van der Waals surface area (Å²) in [7, 11) is -4.13. The maximum Gasteiger partial charge on any atom is 0.340 e. The number of carbonyl (C=O) groups is 1. The maximum absolute atomic E-state index is 10.9. The van der Waals surface area contributed by atoms with Gasteiger partial charge in [-0.1, -0.05) is 0 Å². The third-order valence-electron chi connectivity index (χ3n) is 1.83. The fraction of sp³-hybridized carbons (Fsp3) is 0.286. The number of hydrogen-bond donors (Lipinski definition) is 2. The Morgan fingerprint density at radius 2 is 1.93 bits per heavy atom. The topological polar surface area (TPSA) is 111 Å². The Morgan fingerprint density at radius 1 is 1.43 bits per heavy atom. The Kier molecular flexibility index (Phi) is 2.38. The maximum atomic E-state index is 10.9. The van der Waals surface area contributed by atoms with E-state index in [9.17, 15) is 13.2 Å². The van der Waals surface area contributed by atoms with Crippen LogP contribution < -0.4 is 5.14 Å². The molecule has 0 amide bonds. The van der Waals surface area contributed by atoms with E-state index in [1.165, 1.54) is 13.8 Å². The first kappa shape index (κ1) is 10.7. The first-order valence-electron chi connectivity index (χ1n) is 3.61. The van der Waals surface area contributed by atoms with Gasteiger partial charge < -0.3 is 9.52 Å². The highest BCUT2D eigenvalue weighted by Crippen LogP contribution is 2.24. The van der Waals surface area contributed by atoms with E-state index in [4.69, 9.17) is 14.7 Å². The van der Waals surface area contributed by atoms with Gasteiger partial charge in [0.15, 0.2) is 0 Å². The molecule has 3 N–H and O–H groups in total. The van der Waals surface area contributed by atoms with Crippen LogP contribution in [0.3, 0.4) is 0 Å². The van der Waals surface area contributed by atoms with Crippen LogP contribution in [0.2, 0.25) is 0 Å². The molecule has 1 aromatic heterocycles. The third-order valence-corrected chi connectivity index (χ3v) is 2.63. The summed E-state index contributed by atoms with van der Waals surface area (Å²) < 4.78 is 26.7. The molecule has 0 atom stereocenters. The van der Waals surface area contributed by atoms with E-state index in [1.54, 1.807) is 0 Å². The van der Waals surface area contributed by atoms with Gasteiger partial charge in [0.1, 0.15) is 11.3 Å². The minimum Gasteiger partial charge on any atom is -0.478 e. The molecule has 78 valence electrons. The fourth-order valence-corrected chi connectivity index (χ4v) is 1.81. The Labute approximate surface area is 80.4 Å². The molecule has 7 heteroatoms. The second-order valence-corrected chi connectivity index (χ2v) is 4.26. The van der Waals surface area contributed by atoms with E-state index in [2.05, 4.69) is 0 Å². The minimum absolute atomic E-state index is 0.228. The molecule has 0 fully saturated rings. The molecule has 14 heavy (non-hydrogen) atoms. The summed E-state index contributed by atoms with van der Waals surface area (Å²) >= 11 is 0. The van der Waals surface area contributed by atoms with Crippen molar-refractivity contribution in [3.8, 4) is 0 Å². The molecule has 0 saturated carbocycles. The zero-order valence-corrected chi connectivity index (χ0v) is 8.38. The summed E-state index contributed by atoms with van der Waals surface area (Å²) in [4.78, 5) is 10.7. The number of aromatic carboxylic acids is 1. The molecule has 0 radical (unpaired) electrons. The number of rotatable bonds is 2. The van der Waals surface area contributed by atoms with Gasteiger partial charge in [0, 0.05) is 5.56 Å². The minimum atomic E-state index is -4.13. The van der Waals surface area contributed by atoms with Gasteiger partial charge in [-0.15, -0.1) is 0 Å². The normalized spacial score (nSPS) is 11.6. The fourth-order valence-electron chi connectivity index (χ4n) is 1.04. The van der Waals surface area contributed by atoms with Gasteiger partial charge in [-0.05, 0) is 13.8 Å². The van der Waals surface area contributed by atoms with Gasteiger partial charge in [-0.3, -0.25) is 0 Å². The molecule has 1 rings (SSSR count). The van der Waals surface area contributed by atoms with Crippen LogP contribution in [0.25, 0.3) is 0 Å². The summed E-state index contributed by atoms with van der Waals surface area (Å²) in [5, 5.41) is 12.8. The number of hydrogen-bond acceptors (Lipinski definition) is 4. The van der Waals surface area contributed by atoms with Crippen molar-refractivity contribution >= 4 is 16.0 Å². The molecule has 0 aliphatic rings. The molecule has 1 aromatic rings. The summed E-state index contributed by atoms with van der Waals surface area (Å²) in [6.07, 6.45) is 0. The summed E-state index contributed by atoms with van der Waals surface area (Å²) in [5.74, 6) is -1.14. The summed E-state index contributed by atoms with van der Waals surface area (Å²) in [5.41, 5.74) is -0.133. The lowest BCUT2D eigenvalue weighted by molar-refractivity contribution is 0.0689. The first-order valence-corrected chi connectivity index (χ1v) is 5.16. The number of furan rings is 1. The van der Waals surface area contributed by atoms with Gasteiger partial charge in [0.05, 0.1) is 0 Å². The first-order chi connectivity index (χ1) is 6.25. The van der Waals surface area contributed by atoms with Gasteiger partial charge in [-0.2, -0.15) is 0 Å². The molecule has 0 spiro atoms. The number of primary sulfonamides is 1. The highest BCUT2D eigenvalue weighted by Gasteiger charge is 2.27. The largest absolute Gasteiger partial charge is 0.478 e. The Morgan fingerprint density at radius 3 is 2.21 bits per heavy atom. The van der Waals surface area contributed by atoms with Crippen molar-refractivity contribution in [1.82, 2.24) is 0 Å². The zero-order chi connectivity index (χ0) is 11.1. The predicted octanol–water partition coefficient (Wildman–Crippen LogP) is 0.242. The van der Waals surface area contributed by atoms with Crippen molar-refractivity contribution in [1.29, 1.82) is 0 Å². The molecule has 0 aromatic carbocycles. The number of aryl methyl sites for hydroxylation is 1. The molecule has 1 heterocycles. The van der Waals surface area contributed by atoms with Crippen LogP contribution >= 0.6 is 0 Å². The van der Waals surface area contributed by atoms with Crippen molar-refractivity contribution in [3.63, 3.8) is 0 Å². The Hall–Kier alpha value is -1.34. The van der Waals surface area contributed by atoms with E-state index >= 15 is 0 Å². The van der Waals surface area contributed by atoms with Crippen molar-refractivity contribution in [3.05, 3.63) is 16.9 Å². The highest BCUT2D eigenvalue weighted by atomic mass is 32.2.